The minimum Gasteiger partial charge on any atom is -0.454 e. The van der Waals surface area contributed by atoms with E-state index < -0.39 is 33.7 Å². The number of carbonyl (C=O) groups excluding carboxylic acids is 1. The molecule has 3 aromatic carbocycles. The summed E-state index contributed by atoms with van der Waals surface area (Å²) in [6.07, 6.45) is -3.57. The van der Waals surface area contributed by atoms with Crippen molar-refractivity contribution < 1.29 is 35.5 Å². The maximum absolute atomic E-state index is 14.0. The van der Waals surface area contributed by atoms with Crippen molar-refractivity contribution in [1.29, 1.82) is 0 Å². The minimum absolute atomic E-state index is 0.0685. The normalized spacial score (nSPS) is 12.8. The molecular formula is C24H19Cl2F4NO4S. The summed E-state index contributed by atoms with van der Waals surface area (Å²) in [6.45, 7) is 0.899. The fourth-order valence-corrected chi connectivity index (χ4v) is 4.37. The van der Waals surface area contributed by atoms with Crippen LogP contribution in [-0.2, 0) is 21.1 Å². The summed E-state index contributed by atoms with van der Waals surface area (Å²) in [4.78, 5) is 12.5. The van der Waals surface area contributed by atoms with Crippen LogP contribution in [0.3, 0.4) is 0 Å². The minimum atomic E-state index is -4.57. The molecule has 192 valence electrons. The van der Waals surface area contributed by atoms with Crippen molar-refractivity contribution in [1.82, 2.24) is 0 Å². The van der Waals surface area contributed by atoms with Crippen LogP contribution in [0.1, 0.15) is 24.0 Å². The Morgan fingerprint density at radius 1 is 1.03 bits per heavy atom. The number of nitrogens with one attached hydrogen (secondary N) is 1. The van der Waals surface area contributed by atoms with Crippen LogP contribution < -0.4 is 10.1 Å². The zero-order valence-electron chi connectivity index (χ0n) is 18.8. The summed E-state index contributed by atoms with van der Waals surface area (Å²) in [5.74, 6) is -3.68. The molecular weight excluding hydrogens is 545 g/mol. The van der Waals surface area contributed by atoms with Gasteiger partial charge < -0.3 is 10.1 Å². The summed E-state index contributed by atoms with van der Waals surface area (Å²) in [5, 5.41) is 2.43. The van der Waals surface area contributed by atoms with Gasteiger partial charge >= 0.3 is 6.18 Å². The zero-order chi connectivity index (χ0) is 26.8. The Labute approximate surface area is 214 Å². The Kier molecular flexibility index (Phi) is 8.22. The summed E-state index contributed by atoms with van der Waals surface area (Å²) in [7, 11) is -3.36. The lowest BCUT2D eigenvalue weighted by atomic mass is 10.0. The summed E-state index contributed by atoms with van der Waals surface area (Å²) < 4.78 is 81.6. The third-order valence-corrected chi connectivity index (χ3v) is 6.79. The van der Waals surface area contributed by atoms with Crippen LogP contribution in [0, 0.1) is 5.82 Å². The Balaban J connectivity index is 1.75. The molecule has 0 aromatic heterocycles. The monoisotopic (exact) mass is 563 g/mol. The molecule has 0 spiro atoms. The first-order valence-electron chi connectivity index (χ1n) is 10.3. The highest BCUT2D eigenvalue weighted by Crippen LogP contribution is 2.41. The molecule has 12 heteroatoms. The van der Waals surface area contributed by atoms with Crippen molar-refractivity contribution in [2.75, 3.05) is 11.6 Å². The maximum atomic E-state index is 14.0. The number of ether oxygens (including phenoxy) is 1. The first-order chi connectivity index (χ1) is 16.6. The lowest BCUT2D eigenvalue weighted by Gasteiger charge is -2.18. The van der Waals surface area contributed by atoms with Gasteiger partial charge in [-0.2, -0.15) is 13.2 Å². The average Bonchev–Trinajstić information content (AvgIpc) is 2.74. The largest absolute Gasteiger partial charge is 0.454 e. The molecule has 0 saturated carbocycles. The number of alkyl halides is 3. The van der Waals surface area contributed by atoms with E-state index in [9.17, 15) is 30.8 Å². The van der Waals surface area contributed by atoms with E-state index in [-0.39, 0.29) is 44.1 Å². The van der Waals surface area contributed by atoms with Crippen LogP contribution in [-0.4, -0.2) is 26.8 Å². The Morgan fingerprint density at radius 2 is 1.61 bits per heavy atom. The molecule has 0 fully saturated rings. The molecule has 0 aliphatic carbocycles. The van der Waals surface area contributed by atoms with Crippen LogP contribution in [0.4, 0.5) is 23.2 Å². The molecule has 36 heavy (non-hydrogen) atoms. The fraction of sp³-hybridized carbons (Fsp3) is 0.208. The van der Waals surface area contributed by atoms with Crippen LogP contribution >= 0.6 is 23.2 Å². The number of hydrogen-bond acceptors (Lipinski definition) is 4. The summed E-state index contributed by atoms with van der Waals surface area (Å²) >= 11 is 12.4. The van der Waals surface area contributed by atoms with Crippen molar-refractivity contribution >= 4 is 44.6 Å². The Hall–Kier alpha value is -2.82. The zero-order valence-corrected chi connectivity index (χ0v) is 21.1. The second kappa shape index (κ2) is 10.7. The molecule has 1 amide bonds. The molecule has 3 rings (SSSR count). The van der Waals surface area contributed by atoms with Gasteiger partial charge in [-0.25, -0.2) is 12.8 Å². The first-order valence-corrected chi connectivity index (χ1v) is 12.9. The van der Waals surface area contributed by atoms with Gasteiger partial charge in [-0.05, 0) is 54.4 Å². The molecule has 5 nitrogen and oxygen atoms in total. The molecule has 1 unspecified atom stereocenters. The van der Waals surface area contributed by atoms with Gasteiger partial charge in [0, 0.05) is 18.0 Å². The predicted molar refractivity (Wildman–Crippen MR) is 129 cm³/mol. The lowest BCUT2D eigenvalue weighted by molar-refractivity contribution is -0.146. The highest BCUT2D eigenvalue weighted by molar-refractivity contribution is 7.90. The van der Waals surface area contributed by atoms with Crippen LogP contribution in [0.25, 0.3) is 0 Å². The van der Waals surface area contributed by atoms with Gasteiger partial charge in [0.1, 0.15) is 11.6 Å². The number of benzene rings is 3. The number of hydrogen-bond donors (Lipinski definition) is 1. The number of sulfone groups is 1. The average molecular weight is 564 g/mol. The molecule has 0 aliphatic rings. The second-order valence-electron chi connectivity index (χ2n) is 8.00. The predicted octanol–water partition coefficient (Wildman–Crippen LogP) is 7.18. The van der Waals surface area contributed by atoms with E-state index in [1.807, 2.05) is 0 Å². The molecule has 0 bridgehead atoms. The second-order valence-corrected chi connectivity index (χ2v) is 10.8. The number of carbonyl (C=O) groups is 1. The van der Waals surface area contributed by atoms with Gasteiger partial charge in [0.15, 0.2) is 15.6 Å². The SMILES string of the molecule is CC(c1cc(F)cc(Oc2c(Cl)cc(NC(=O)Cc3ccc(S(C)(=O)=O)cc3)cc2Cl)c1)C(F)(F)F. The topological polar surface area (TPSA) is 72.5 Å². The molecule has 1 N–H and O–H groups in total. The lowest BCUT2D eigenvalue weighted by Crippen LogP contribution is -2.17. The smallest absolute Gasteiger partial charge is 0.395 e. The highest BCUT2D eigenvalue weighted by atomic mass is 35.5. The van der Waals surface area contributed by atoms with E-state index >= 15 is 0 Å². The van der Waals surface area contributed by atoms with Crippen molar-refractivity contribution in [3.8, 4) is 11.5 Å². The van der Waals surface area contributed by atoms with E-state index in [4.69, 9.17) is 27.9 Å². The fourth-order valence-electron chi connectivity index (χ4n) is 3.17. The van der Waals surface area contributed by atoms with E-state index in [1.54, 1.807) is 0 Å². The molecule has 0 aliphatic heterocycles. The van der Waals surface area contributed by atoms with E-state index in [1.165, 1.54) is 36.4 Å². The molecule has 0 saturated heterocycles. The van der Waals surface area contributed by atoms with Gasteiger partial charge in [-0.15, -0.1) is 0 Å². The van der Waals surface area contributed by atoms with E-state index in [0.29, 0.717) is 5.56 Å². The quantitative estimate of drug-likeness (QED) is 0.309. The van der Waals surface area contributed by atoms with Crippen molar-refractivity contribution in [2.24, 2.45) is 0 Å². The van der Waals surface area contributed by atoms with Gasteiger partial charge in [-0.3, -0.25) is 4.79 Å². The summed E-state index contributed by atoms with van der Waals surface area (Å²) in [5.41, 5.74) is 0.436. The maximum Gasteiger partial charge on any atom is 0.395 e. The Bertz CT molecular complexity index is 1370. The van der Waals surface area contributed by atoms with E-state index in [0.717, 1.165) is 31.4 Å². The van der Waals surface area contributed by atoms with Crippen molar-refractivity contribution in [3.05, 3.63) is 81.6 Å². The third-order valence-electron chi connectivity index (χ3n) is 5.10. The molecule has 0 heterocycles. The first kappa shape index (κ1) is 27.8. The van der Waals surface area contributed by atoms with Crippen molar-refractivity contribution in [2.45, 2.75) is 30.3 Å². The summed E-state index contributed by atoms with van der Waals surface area (Å²) in [6, 6.07) is 11.1. The number of anilines is 1. The van der Waals surface area contributed by atoms with E-state index in [2.05, 4.69) is 5.32 Å². The highest BCUT2D eigenvalue weighted by Gasteiger charge is 2.37. The third kappa shape index (κ3) is 7.11. The van der Waals surface area contributed by atoms with Crippen molar-refractivity contribution in [3.63, 3.8) is 0 Å². The molecule has 1 atom stereocenters. The van der Waals surface area contributed by atoms with Gasteiger partial charge in [0.05, 0.1) is 27.3 Å². The van der Waals surface area contributed by atoms with Crippen LogP contribution in [0.5, 0.6) is 11.5 Å². The van der Waals surface area contributed by atoms with Crippen LogP contribution in [0.15, 0.2) is 59.5 Å². The number of rotatable bonds is 7. The Morgan fingerprint density at radius 3 is 2.14 bits per heavy atom. The van der Waals surface area contributed by atoms with Gasteiger partial charge in [0.2, 0.25) is 5.91 Å². The molecule has 3 aromatic rings. The molecule has 0 radical (unpaired) electrons. The number of halogens is 6. The van der Waals surface area contributed by atoms with Gasteiger partial charge in [-0.1, -0.05) is 35.3 Å². The van der Waals surface area contributed by atoms with Gasteiger partial charge in [0.25, 0.3) is 0 Å². The standard InChI is InChI=1S/C24H19Cl2F4NO4S/c1-13(24(28,29)30)15-8-16(27)10-18(9-15)35-23-20(25)11-17(12-21(23)26)31-22(32)7-14-3-5-19(6-4-14)36(2,33)34/h3-6,8-13H,7H2,1-2H3,(H,31,32). The number of amides is 1. The van der Waals surface area contributed by atoms with Crippen LogP contribution in [0.2, 0.25) is 10.0 Å².